The molecule has 0 saturated heterocycles. The quantitative estimate of drug-likeness (QED) is 0.495. The van der Waals surface area contributed by atoms with Gasteiger partial charge in [0.05, 0.1) is 5.02 Å². The molecule has 2 nitrogen and oxygen atoms in total. The van der Waals surface area contributed by atoms with Crippen molar-refractivity contribution in [2.24, 2.45) is 0 Å². The van der Waals surface area contributed by atoms with Gasteiger partial charge >= 0.3 is 0 Å². The van der Waals surface area contributed by atoms with Crippen molar-refractivity contribution in [3.05, 3.63) is 23.0 Å². The fourth-order valence-corrected chi connectivity index (χ4v) is 2.12. The van der Waals surface area contributed by atoms with Gasteiger partial charge in [-0.25, -0.2) is 4.39 Å². The summed E-state index contributed by atoms with van der Waals surface area (Å²) in [5.41, 5.74) is 6.22. The summed E-state index contributed by atoms with van der Waals surface area (Å²) in [6.45, 7) is 0.697. The summed E-state index contributed by atoms with van der Waals surface area (Å²) in [5, 5.41) is 0.0636. The number of hydrogen-bond donors (Lipinski definition) is 1. The van der Waals surface area contributed by atoms with Crippen molar-refractivity contribution in [3.8, 4) is 0 Å². The molecule has 0 unspecified atom stereocenters. The van der Waals surface area contributed by atoms with Crippen LogP contribution in [0, 0.1) is 5.82 Å². The second kappa shape index (κ2) is 6.20. The number of hydrogen-bond acceptors (Lipinski definition) is 3. The second-order valence-electron chi connectivity index (χ2n) is 3.00. The van der Waals surface area contributed by atoms with Gasteiger partial charge in [-0.15, -0.1) is 11.8 Å². The molecule has 0 bridgehead atoms. The van der Waals surface area contributed by atoms with Crippen LogP contribution in [0.2, 0.25) is 5.02 Å². The third-order valence-electron chi connectivity index (χ3n) is 1.80. The number of ether oxygens (including phenoxy) is 1. The van der Waals surface area contributed by atoms with Crippen molar-refractivity contribution >= 4 is 29.1 Å². The highest BCUT2D eigenvalue weighted by Gasteiger charge is 2.06. The molecule has 0 aliphatic heterocycles. The van der Waals surface area contributed by atoms with Gasteiger partial charge in [-0.2, -0.15) is 0 Å². The number of thioether (sulfide) groups is 1. The molecule has 1 rings (SSSR count). The van der Waals surface area contributed by atoms with E-state index in [4.69, 9.17) is 22.1 Å². The monoisotopic (exact) mass is 249 g/mol. The van der Waals surface area contributed by atoms with E-state index in [0.29, 0.717) is 12.3 Å². The van der Waals surface area contributed by atoms with E-state index in [1.165, 1.54) is 23.9 Å². The van der Waals surface area contributed by atoms with E-state index in [2.05, 4.69) is 0 Å². The second-order valence-corrected chi connectivity index (χ2v) is 4.54. The highest BCUT2D eigenvalue weighted by molar-refractivity contribution is 7.99. The maximum Gasteiger partial charge on any atom is 0.143 e. The zero-order valence-electron chi connectivity index (χ0n) is 8.43. The Morgan fingerprint density at radius 1 is 1.53 bits per heavy atom. The third kappa shape index (κ3) is 3.89. The van der Waals surface area contributed by atoms with Gasteiger partial charge in [0, 0.05) is 30.1 Å². The Morgan fingerprint density at radius 2 is 2.27 bits per heavy atom. The lowest BCUT2D eigenvalue weighted by atomic mass is 10.3. The lowest BCUT2D eigenvalue weighted by Gasteiger charge is -2.06. The van der Waals surface area contributed by atoms with Crippen LogP contribution >= 0.6 is 23.4 Å². The molecule has 84 valence electrons. The summed E-state index contributed by atoms with van der Waals surface area (Å²) in [5.74, 6) is 0.416. The minimum atomic E-state index is -0.430. The van der Waals surface area contributed by atoms with Gasteiger partial charge in [0.1, 0.15) is 5.82 Å². The van der Waals surface area contributed by atoms with E-state index in [1.54, 1.807) is 7.11 Å². The number of nitrogens with two attached hydrogens (primary N) is 1. The average Bonchev–Trinajstić information content (AvgIpc) is 2.20. The van der Waals surface area contributed by atoms with Gasteiger partial charge in [0.25, 0.3) is 0 Å². The maximum atomic E-state index is 13.1. The molecule has 1 aromatic rings. The van der Waals surface area contributed by atoms with E-state index >= 15 is 0 Å². The van der Waals surface area contributed by atoms with Crippen LogP contribution in [0.15, 0.2) is 17.0 Å². The van der Waals surface area contributed by atoms with Crippen LogP contribution in [0.25, 0.3) is 0 Å². The molecule has 5 heteroatoms. The molecule has 2 N–H and O–H groups in total. The topological polar surface area (TPSA) is 35.2 Å². The minimum absolute atomic E-state index is 0.0636. The number of rotatable bonds is 5. The normalized spacial score (nSPS) is 10.6. The molecule has 0 aliphatic carbocycles. The van der Waals surface area contributed by atoms with Crippen LogP contribution in [-0.2, 0) is 4.74 Å². The first-order valence-electron chi connectivity index (χ1n) is 4.51. The van der Waals surface area contributed by atoms with Crippen LogP contribution in [0.4, 0.5) is 10.1 Å². The molecular weight excluding hydrogens is 237 g/mol. The standard InChI is InChI=1S/C10H13ClFNOS/c1-14-3-2-4-15-10-6-8(12)7(11)5-9(10)13/h5-6H,2-4,13H2,1H3. The zero-order chi connectivity index (χ0) is 11.3. The van der Waals surface area contributed by atoms with Crippen molar-refractivity contribution < 1.29 is 9.13 Å². The molecule has 0 atom stereocenters. The smallest absolute Gasteiger partial charge is 0.143 e. The molecule has 0 spiro atoms. The van der Waals surface area contributed by atoms with Gasteiger partial charge < -0.3 is 10.5 Å². The van der Waals surface area contributed by atoms with Crippen LogP contribution in [0.3, 0.4) is 0 Å². The number of halogens is 2. The van der Waals surface area contributed by atoms with Crippen LogP contribution in [0.5, 0.6) is 0 Å². The predicted molar refractivity (Wildman–Crippen MR) is 63.0 cm³/mol. The fourth-order valence-electron chi connectivity index (χ4n) is 1.05. The van der Waals surface area contributed by atoms with Gasteiger partial charge in [0.2, 0.25) is 0 Å². The average molecular weight is 250 g/mol. The van der Waals surface area contributed by atoms with Crippen LogP contribution in [-0.4, -0.2) is 19.5 Å². The van der Waals surface area contributed by atoms with E-state index in [0.717, 1.165) is 17.1 Å². The number of benzene rings is 1. The number of methoxy groups -OCH3 is 1. The number of nitrogen functional groups attached to an aromatic ring is 1. The van der Waals surface area contributed by atoms with E-state index in [9.17, 15) is 4.39 Å². The molecule has 0 saturated carbocycles. The first-order valence-corrected chi connectivity index (χ1v) is 5.87. The Morgan fingerprint density at radius 3 is 2.93 bits per heavy atom. The largest absolute Gasteiger partial charge is 0.398 e. The minimum Gasteiger partial charge on any atom is -0.398 e. The van der Waals surface area contributed by atoms with Gasteiger partial charge in [0.15, 0.2) is 0 Å². The summed E-state index contributed by atoms with van der Waals surface area (Å²) in [7, 11) is 1.65. The number of anilines is 1. The van der Waals surface area contributed by atoms with Gasteiger partial charge in [-0.1, -0.05) is 11.6 Å². The first kappa shape index (κ1) is 12.6. The molecule has 0 fully saturated rings. The molecule has 0 heterocycles. The molecule has 0 radical (unpaired) electrons. The Kier molecular flexibility index (Phi) is 5.22. The third-order valence-corrected chi connectivity index (χ3v) is 3.25. The lowest BCUT2D eigenvalue weighted by Crippen LogP contribution is -1.94. The highest BCUT2D eigenvalue weighted by atomic mass is 35.5. The molecule has 1 aromatic carbocycles. The van der Waals surface area contributed by atoms with Crippen LogP contribution in [0.1, 0.15) is 6.42 Å². The zero-order valence-corrected chi connectivity index (χ0v) is 10.00. The maximum absolute atomic E-state index is 13.1. The van der Waals surface area contributed by atoms with Crippen molar-refractivity contribution in [1.29, 1.82) is 0 Å². The van der Waals surface area contributed by atoms with E-state index in [-0.39, 0.29) is 5.02 Å². The van der Waals surface area contributed by atoms with Crippen molar-refractivity contribution in [2.75, 3.05) is 25.2 Å². The fraction of sp³-hybridized carbons (Fsp3) is 0.400. The van der Waals surface area contributed by atoms with Gasteiger partial charge in [-0.3, -0.25) is 0 Å². The molecule has 15 heavy (non-hydrogen) atoms. The lowest BCUT2D eigenvalue weighted by molar-refractivity contribution is 0.200. The predicted octanol–water partition coefficient (Wildman–Crippen LogP) is 3.19. The van der Waals surface area contributed by atoms with Crippen LogP contribution < -0.4 is 5.73 Å². The summed E-state index contributed by atoms with van der Waals surface area (Å²) in [6.07, 6.45) is 0.908. The molecular formula is C10H13ClFNOS. The van der Waals surface area contributed by atoms with E-state index in [1.807, 2.05) is 0 Å². The Hall–Kier alpha value is -0.450. The SMILES string of the molecule is COCCCSc1cc(F)c(Cl)cc1N. The summed E-state index contributed by atoms with van der Waals surface area (Å²) < 4.78 is 18.0. The van der Waals surface area contributed by atoms with Gasteiger partial charge in [-0.05, 0) is 18.6 Å². The van der Waals surface area contributed by atoms with E-state index < -0.39 is 5.82 Å². The summed E-state index contributed by atoms with van der Waals surface area (Å²) in [4.78, 5) is 0.730. The highest BCUT2D eigenvalue weighted by Crippen LogP contribution is 2.30. The molecule has 0 aliphatic rings. The first-order chi connectivity index (χ1) is 7.15. The Balaban J connectivity index is 2.57. The molecule has 0 aromatic heterocycles. The summed E-state index contributed by atoms with van der Waals surface area (Å²) in [6, 6.07) is 2.81. The molecule has 0 amide bonds. The Labute approximate surface area is 97.9 Å². The van der Waals surface area contributed by atoms with Crippen molar-refractivity contribution in [2.45, 2.75) is 11.3 Å². The van der Waals surface area contributed by atoms with Crippen molar-refractivity contribution in [3.63, 3.8) is 0 Å². The Bertz CT molecular complexity index is 335. The van der Waals surface area contributed by atoms with Crippen molar-refractivity contribution in [1.82, 2.24) is 0 Å². The summed E-state index contributed by atoms with van der Waals surface area (Å²) >= 11 is 7.09.